The first-order chi connectivity index (χ1) is 8.08. The molecule has 1 aromatic carbocycles. The molecule has 1 aliphatic rings. The minimum Gasteiger partial charge on any atom is -0.369 e. The van der Waals surface area contributed by atoms with Gasteiger partial charge in [0.25, 0.3) is 5.69 Å². The van der Waals surface area contributed by atoms with Crippen molar-refractivity contribution in [3.8, 4) is 0 Å². The summed E-state index contributed by atoms with van der Waals surface area (Å²) in [7, 11) is 0. The van der Waals surface area contributed by atoms with Crippen LogP contribution in [0.1, 0.15) is 12.8 Å². The Morgan fingerprint density at radius 3 is 2.88 bits per heavy atom. The molecule has 1 saturated heterocycles. The van der Waals surface area contributed by atoms with Gasteiger partial charge in [-0.1, -0.05) is 0 Å². The molecule has 17 heavy (non-hydrogen) atoms. The van der Waals surface area contributed by atoms with Crippen LogP contribution in [0.5, 0.6) is 0 Å². The van der Waals surface area contributed by atoms with Gasteiger partial charge in [0.2, 0.25) is 0 Å². The van der Waals surface area contributed by atoms with Gasteiger partial charge in [-0.25, -0.2) is 0 Å². The first kappa shape index (κ1) is 12.6. The smallest absolute Gasteiger partial charge is 0.270 e. The van der Waals surface area contributed by atoms with Crippen molar-refractivity contribution in [2.45, 2.75) is 18.9 Å². The number of non-ortho nitro benzene ring substituents is 1. The van der Waals surface area contributed by atoms with Crippen LogP contribution in [-0.4, -0.2) is 24.1 Å². The molecule has 1 unspecified atom stereocenters. The summed E-state index contributed by atoms with van der Waals surface area (Å²) in [4.78, 5) is 12.5. The van der Waals surface area contributed by atoms with Crippen LogP contribution in [0.2, 0.25) is 0 Å². The summed E-state index contributed by atoms with van der Waals surface area (Å²) in [6.45, 7) is 1.80. The predicted octanol–water partition coefficient (Wildman–Crippen LogP) is 2.13. The summed E-state index contributed by atoms with van der Waals surface area (Å²) in [6, 6.07) is 5.18. The van der Waals surface area contributed by atoms with Gasteiger partial charge in [0.15, 0.2) is 0 Å². The topological polar surface area (TPSA) is 72.4 Å². The lowest BCUT2D eigenvalue weighted by Gasteiger charge is -2.33. The van der Waals surface area contributed by atoms with E-state index >= 15 is 0 Å². The van der Waals surface area contributed by atoms with E-state index in [4.69, 9.17) is 5.73 Å². The quantitative estimate of drug-likeness (QED) is 0.505. The molecule has 1 aromatic rings. The first-order valence-electron chi connectivity index (χ1n) is 5.52. The van der Waals surface area contributed by atoms with Gasteiger partial charge in [-0.15, -0.1) is 0 Å². The zero-order chi connectivity index (χ0) is 12.4. The third-order valence-electron chi connectivity index (χ3n) is 2.94. The van der Waals surface area contributed by atoms with Gasteiger partial charge in [0.1, 0.15) is 0 Å². The van der Waals surface area contributed by atoms with Gasteiger partial charge in [0.05, 0.1) is 10.6 Å². The molecule has 0 aromatic heterocycles. The van der Waals surface area contributed by atoms with Crippen molar-refractivity contribution < 1.29 is 4.92 Å². The monoisotopic (exact) mass is 347 g/mol. The largest absolute Gasteiger partial charge is 0.369 e. The van der Waals surface area contributed by atoms with Crippen molar-refractivity contribution >= 4 is 34.0 Å². The minimum atomic E-state index is -0.367. The molecule has 92 valence electrons. The van der Waals surface area contributed by atoms with Crippen molar-refractivity contribution in [3.63, 3.8) is 0 Å². The maximum Gasteiger partial charge on any atom is 0.270 e. The summed E-state index contributed by atoms with van der Waals surface area (Å²) >= 11 is 2.14. The van der Waals surface area contributed by atoms with Crippen LogP contribution in [-0.2, 0) is 0 Å². The zero-order valence-corrected chi connectivity index (χ0v) is 11.5. The highest BCUT2D eigenvalue weighted by Gasteiger charge is 2.19. The molecular weight excluding hydrogens is 333 g/mol. The van der Waals surface area contributed by atoms with Crippen LogP contribution < -0.4 is 10.6 Å². The van der Waals surface area contributed by atoms with E-state index in [0.717, 1.165) is 35.2 Å². The maximum absolute atomic E-state index is 10.7. The number of piperidine rings is 1. The molecule has 6 heteroatoms. The fraction of sp³-hybridized carbons (Fsp3) is 0.455. The van der Waals surface area contributed by atoms with Gasteiger partial charge in [-0.3, -0.25) is 10.1 Å². The predicted molar refractivity (Wildman–Crippen MR) is 75.2 cm³/mol. The van der Waals surface area contributed by atoms with Crippen molar-refractivity contribution in [3.05, 3.63) is 31.9 Å². The molecule has 0 bridgehead atoms. The molecule has 2 N–H and O–H groups in total. The summed E-state index contributed by atoms with van der Waals surface area (Å²) in [6.07, 6.45) is 2.13. The standard InChI is InChI=1S/C11H14IN3O2/c12-10-6-9(15(16)17)3-4-11(10)14-5-1-2-8(13)7-14/h3-4,6,8H,1-2,5,7,13H2. The molecule has 0 radical (unpaired) electrons. The maximum atomic E-state index is 10.7. The van der Waals surface area contributed by atoms with Gasteiger partial charge in [-0.2, -0.15) is 0 Å². The fourth-order valence-electron chi connectivity index (χ4n) is 2.09. The van der Waals surface area contributed by atoms with Crippen LogP contribution in [0.4, 0.5) is 11.4 Å². The Hall–Kier alpha value is -0.890. The molecule has 1 atom stereocenters. The van der Waals surface area contributed by atoms with Crippen molar-refractivity contribution in [2.75, 3.05) is 18.0 Å². The van der Waals surface area contributed by atoms with Gasteiger partial charge in [0, 0.05) is 34.8 Å². The lowest BCUT2D eigenvalue weighted by Crippen LogP contribution is -2.43. The highest BCUT2D eigenvalue weighted by Crippen LogP contribution is 2.28. The van der Waals surface area contributed by atoms with Crippen LogP contribution >= 0.6 is 22.6 Å². The van der Waals surface area contributed by atoms with Crippen LogP contribution in [0.15, 0.2) is 18.2 Å². The normalized spacial score (nSPS) is 20.4. The molecular formula is C11H14IN3O2. The Morgan fingerprint density at radius 1 is 1.53 bits per heavy atom. The fourth-order valence-corrected chi connectivity index (χ4v) is 2.93. The number of nitro groups is 1. The number of hydrogen-bond donors (Lipinski definition) is 1. The van der Waals surface area contributed by atoms with Crippen LogP contribution in [0.25, 0.3) is 0 Å². The van der Waals surface area contributed by atoms with Crippen molar-refractivity contribution in [2.24, 2.45) is 5.73 Å². The van der Waals surface area contributed by atoms with Gasteiger partial charge >= 0.3 is 0 Å². The van der Waals surface area contributed by atoms with E-state index in [2.05, 4.69) is 27.5 Å². The Balaban J connectivity index is 2.23. The number of hydrogen-bond acceptors (Lipinski definition) is 4. The molecule has 1 fully saturated rings. The minimum absolute atomic E-state index is 0.138. The van der Waals surface area contributed by atoms with E-state index < -0.39 is 0 Å². The Labute approximate surface area is 113 Å². The van der Waals surface area contributed by atoms with E-state index in [0.29, 0.717) is 0 Å². The first-order valence-corrected chi connectivity index (χ1v) is 6.60. The molecule has 0 spiro atoms. The van der Waals surface area contributed by atoms with Crippen LogP contribution in [0, 0.1) is 13.7 Å². The number of nitrogens with zero attached hydrogens (tertiary/aromatic N) is 2. The lowest BCUT2D eigenvalue weighted by atomic mass is 10.1. The Kier molecular flexibility index (Phi) is 3.82. The van der Waals surface area contributed by atoms with E-state index in [9.17, 15) is 10.1 Å². The second-order valence-corrected chi connectivity index (χ2v) is 5.40. The highest BCUT2D eigenvalue weighted by atomic mass is 127. The van der Waals surface area contributed by atoms with Gasteiger partial charge in [-0.05, 0) is 41.5 Å². The van der Waals surface area contributed by atoms with E-state index in [1.54, 1.807) is 12.1 Å². The van der Waals surface area contributed by atoms with E-state index in [-0.39, 0.29) is 16.7 Å². The number of anilines is 1. The number of nitrogens with two attached hydrogens (primary N) is 1. The van der Waals surface area contributed by atoms with E-state index in [1.165, 1.54) is 0 Å². The summed E-state index contributed by atoms with van der Waals surface area (Å²) in [5.41, 5.74) is 7.12. The molecule has 0 aliphatic carbocycles. The number of benzene rings is 1. The molecule has 2 rings (SSSR count). The average Bonchev–Trinajstić information content (AvgIpc) is 2.28. The Morgan fingerprint density at radius 2 is 2.29 bits per heavy atom. The molecule has 0 amide bonds. The van der Waals surface area contributed by atoms with E-state index in [1.807, 2.05) is 6.07 Å². The molecule has 1 aliphatic heterocycles. The third kappa shape index (κ3) is 2.86. The summed E-state index contributed by atoms with van der Waals surface area (Å²) < 4.78 is 0.908. The third-order valence-corrected chi connectivity index (χ3v) is 3.80. The van der Waals surface area contributed by atoms with Crippen LogP contribution in [0.3, 0.4) is 0 Å². The lowest BCUT2D eigenvalue weighted by molar-refractivity contribution is -0.384. The SMILES string of the molecule is NC1CCCN(c2ccc([N+](=O)[O-])cc2I)C1. The number of nitro benzene ring substituents is 1. The van der Waals surface area contributed by atoms with Crippen molar-refractivity contribution in [1.29, 1.82) is 0 Å². The average molecular weight is 347 g/mol. The molecule has 1 heterocycles. The second-order valence-electron chi connectivity index (χ2n) is 4.24. The molecule has 0 saturated carbocycles. The summed E-state index contributed by atoms with van der Waals surface area (Å²) in [5, 5.41) is 10.7. The number of halogens is 1. The molecule has 5 nitrogen and oxygen atoms in total. The summed E-state index contributed by atoms with van der Waals surface area (Å²) in [5.74, 6) is 0. The second kappa shape index (κ2) is 5.18. The van der Waals surface area contributed by atoms with Gasteiger partial charge < -0.3 is 10.6 Å². The van der Waals surface area contributed by atoms with Crippen molar-refractivity contribution in [1.82, 2.24) is 0 Å². The highest BCUT2D eigenvalue weighted by molar-refractivity contribution is 14.1. The zero-order valence-electron chi connectivity index (χ0n) is 9.30. The number of rotatable bonds is 2. The Bertz CT molecular complexity index is 439.